The number of rotatable bonds is 3. The lowest BCUT2D eigenvalue weighted by atomic mass is 10.0. The van der Waals surface area contributed by atoms with Crippen LogP contribution in [0.4, 0.5) is 13.6 Å². The average Bonchev–Trinajstić information content (AvgIpc) is 2.36. The van der Waals surface area contributed by atoms with Crippen LogP contribution in [0.25, 0.3) is 0 Å². The Labute approximate surface area is 122 Å². The highest BCUT2D eigenvalue weighted by Gasteiger charge is 2.36. The number of hydrogen-bond donors (Lipinski definition) is 2. The Morgan fingerprint density at radius 3 is 2.75 bits per heavy atom. The quantitative estimate of drug-likeness (QED) is 0.901. The van der Waals surface area contributed by atoms with E-state index >= 15 is 0 Å². The molecule has 1 aromatic rings. The van der Waals surface area contributed by atoms with Crippen LogP contribution < -0.4 is 10.6 Å². The normalized spacial score (nSPS) is 20.6. The Hall–Kier alpha value is -1.40. The third-order valence-electron chi connectivity index (χ3n) is 2.85. The number of carbonyl (C=O) groups is 1. The molecule has 4 nitrogen and oxygen atoms in total. The second-order valence-electron chi connectivity index (χ2n) is 4.59. The van der Waals surface area contributed by atoms with Crippen LogP contribution in [-0.2, 0) is 11.3 Å². The van der Waals surface area contributed by atoms with Gasteiger partial charge >= 0.3 is 6.09 Å². The van der Waals surface area contributed by atoms with Gasteiger partial charge in [0.25, 0.3) is 5.92 Å². The molecule has 1 amide bonds. The maximum atomic E-state index is 13.1. The summed E-state index contributed by atoms with van der Waals surface area (Å²) >= 11 is 0. The molecule has 2 N–H and O–H groups in total. The van der Waals surface area contributed by atoms with Gasteiger partial charge in [0, 0.05) is 13.0 Å². The molecule has 1 aliphatic rings. The van der Waals surface area contributed by atoms with Gasteiger partial charge in [0.2, 0.25) is 0 Å². The molecule has 0 radical (unpaired) electrons. The van der Waals surface area contributed by atoms with E-state index in [-0.39, 0.29) is 32.0 Å². The zero-order chi connectivity index (χ0) is 13.7. The molecule has 1 fully saturated rings. The molecular weight excluding hydrogens is 290 g/mol. The molecule has 0 spiro atoms. The van der Waals surface area contributed by atoms with Gasteiger partial charge in [0.1, 0.15) is 6.61 Å². The van der Waals surface area contributed by atoms with Gasteiger partial charge in [0.05, 0.1) is 12.6 Å². The molecule has 1 heterocycles. The van der Waals surface area contributed by atoms with Crippen LogP contribution >= 0.6 is 12.4 Å². The van der Waals surface area contributed by atoms with E-state index in [0.717, 1.165) is 5.56 Å². The van der Waals surface area contributed by atoms with Gasteiger partial charge in [-0.15, -0.1) is 12.4 Å². The molecule has 1 aromatic carbocycles. The van der Waals surface area contributed by atoms with E-state index in [1.807, 2.05) is 30.3 Å². The fourth-order valence-corrected chi connectivity index (χ4v) is 1.97. The first kappa shape index (κ1) is 16.7. The number of piperidine rings is 1. The summed E-state index contributed by atoms with van der Waals surface area (Å²) < 4.78 is 31.2. The summed E-state index contributed by atoms with van der Waals surface area (Å²) in [7, 11) is 0. The van der Waals surface area contributed by atoms with Crippen LogP contribution in [0.1, 0.15) is 12.0 Å². The fraction of sp³-hybridized carbons (Fsp3) is 0.462. The zero-order valence-corrected chi connectivity index (χ0v) is 11.6. The van der Waals surface area contributed by atoms with Crippen molar-refractivity contribution >= 4 is 18.5 Å². The molecular formula is C13H17ClF2N2O2. The van der Waals surface area contributed by atoms with Gasteiger partial charge in [-0.3, -0.25) is 0 Å². The second-order valence-corrected chi connectivity index (χ2v) is 4.59. The number of nitrogens with one attached hydrogen (secondary N) is 2. The summed E-state index contributed by atoms with van der Waals surface area (Å²) in [5.74, 6) is -2.78. The van der Waals surface area contributed by atoms with Gasteiger partial charge in [-0.25, -0.2) is 13.6 Å². The van der Waals surface area contributed by atoms with Gasteiger partial charge in [-0.1, -0.05) is 30.3 Å². The highest BCUT2D eigenvalue weighted by Crippen LogP contribution is 2.22. The van der Waals surface area contributed by atoms with Crippen LogP contribution in [0.5, 0.6) is 0 Å². The average molecular weight is 307 g/mol. The summed E-state index contributed by atoms with van der Waals surface area (Å²) in [5.41, 5.74) is 0.852. The lowest BCUT2D eigenvalue weighted by Gasteiger charge is -2.29. The predicted octanol–water partition coefficient (Wildman–Crippen LogP) is 2.33. The van der Waals surface area contributed by atoms with E-state index < -0.39 is 18.1 Å². The predicted molar refractivity (Wildman–Crippen MR) is 73.2 cm³/mol. The SMILES string of the molecule is Cl.O=C(N[C@@H]1CNCC(F)(F)C1)OCc1ccccc1. The third-order valence-corrected chi connectivity index (χ3v) is 2.85. The molecule has 0 saturated carbocycles. The standard InChI is InChI=1S/C13H16F2N2O2.ClH/c14-13(15)6-11(7-16-9-13)17-12(18)19-8-10-4-2-1-3-5-10;/h1-5,11,16H,6-9H2,(H,17,18);1H/t11-;/m0./s1. The Bertz CT molecular complexity index is 432. The number of amides is 1. The van der Waals surface area contributed by atoms with Gasteiger partial charge in [-0.2, -0.15) is 0 Å². The van der Waals surface area contributed by atoms with Crippen LogP contribution in [-0.4, -0.2) is 31.1 Å². The Morgan fingerprint density at radius 2 is 2.10 bits per heavy atom. The molecule has 0 aliphatic carbocycles. The van der Waals surface area contributed by atoms with Crippen molar-refractivity contribution < 1.29 is 18.3 Å². The number of halogens is 3. The number of benzene rings is 1. The molecule has 20 heavy (non-hydrogen) atoms. The topological polar surface area (TPSA) is 50.4 Å². The molecule has 1 saturated heterocycles. The smallest absolute Gasteiger partial charge is 0.407 e. The van der Waals surface area contributed by atoms with E-state index in [9.17, 15) is 13.6 Å². The molecule has 0 bridgehead atoms. The first-order chi connectivity index (χ1) is 9.05. The van der Waals surface area contributed by atoms with Crippen molar-refractivity contribution in [3.63, 3.8) is 0 Å². The highest BCUT2D eigenvalue weighted by atomic mass is 35.5. The minimum absolute atomic E-state index is 0. The van der Waals surface area contributed by atoms with E-state index in [0.29, 0.717) is 6.54 Å². The molecule has 1 atom stereocenters. The van der Waals surface area contributed by atoms with Crippen LogP contribution in [0, 0.1) is 0 Å². The maximum absolute atomic E-state index is 13.1. The Balaban J connectivity index is 0.00000200. The highest BCUT2D eigenvalue weighted by molar-refractivity contribution is 5.85. The lowest BCUT2D eigenvalue weighted by molar-refractivity contribution is -0.0308. The molecule has 2 rings (SSSR count). The van der Waals surface area contributed by atoms with Crippen molar-refractivity contribution in [2.24, 2.45) is 0 Å². The van der Waals surface area contributed by atoms with E-state index in [1.54, 1.807) is 0 Å². The molecule has 1 aliphatic heterocycles. The van der Waals surface area contributed by atoms with Gasteiger partial charge in [-0.05, 0) is 5.56 Å². The number of alkyl carbamates (subject to hydrolysis) is 1. The maximum Gasteiger partial charge on any atom is 0.407 e. The number of hydrogen-bond acceptors (Lipinski definition) is 3. The molecule has 112 valence electrons. The van der Waals surface area contributed by atoms with E-state index in [2.05, 4.69) is 10.6 Å². The molecule has 0 unspecified atom stereocenters. The summed E-state index contributed by atoms with van der Waals surface area (Å²) in [4.78, 5) is 11.5. The lowest BCUT2D eigenvalue weighted by Crippen LogP contribution is -2.53. The largest absolute Gasteiger partial charge is 0.445 e. The minimum Gasteiger partial charge on any atom is -0.445 e. The first-order valence-electron chi connectivity index (χ1n) is 6.11. The van der Waals surface area contributed by atoms with Crippen molar-refractivity contribution in [1.82, 2.24) is 10.6 Å². The monoisotopic (exact) mass is 306 g/mol. The number of ether oxygens (including phenoxy) is 1. The summed E-state index contributed by atoms with van der Waals surface area (Å²) in [6, 6.07) is 8.57. The fourth-order valence-electron chi connectivity index (χ4n) is 1.97. The first-order valence-corrected chi connectivity index (χ1v) is 6.11. The van der Waals surface area contributed by atoms with Crippen LogP contribution in [0.2, 0.25) is 0 Å². The summed E-state index contributed by atoms with van der Waals surface area (Å²) in [6.07, 6.45) is -1.03. The van der Waals surface area contributed by atoms with Crippen molar-refractivity contribution in [3.8, 4) is 0 Å². The van der Waals surface area contributed by atoms with E-state index in [1.165, 1.54) is 0 Å². The third kappa shape index (κ3) is 5.30. The van der Waals surface area contributed by atoms with Gasteiger partial charge in [0.15, 0.2) is 0 Å². The summed E-state index contributed by atoms with van der Waals surface area (Å²) in [6.45, 7) is 0.115. The number of carbonyl (C=O) groups excluding carboxylic acids is 1. The van der Waals surface area contributed by atoms with Crippen molar-refractivity contribution in [3.05, 3.63) is 35.9 Å². The van der Waals surface area contributed by atoms with Crippen LogP contribution in [0.15, 0.2) is 30.3 Å². The van der Waals surface area contributed by atoms with Crippen molar-refractivity contribution in [1.29, 1.82) is 0 Å². The van der Waals surface area contributed by atoms with E-state index in [4.69, 9.17) is 4.74 Å². The molecule has 0 aromatic heterocycles. The minimum atomic E-state index is -2.78. The Kier molecular flexibility index (Phi) is 6.16. The van der Waals surface area contributed by atoms with Crippen LogP contribution in [0.3, 0.4) is 0 Å². The molecule has 7 heteroatoms. The number of alkyl halides is 2. The second kappa shape index (κ2) is 7.40. The van der Waals surface area contributed by atoms with Crippen molar-refractivity contribution in [2.45, 2.75) is 25.0 Å². The zero-order valence-electron chi connectivity index (χ0n) is 10.8. The van der Waals surface area contributed by atoms with Gasteiger partial charge < -0.3 is 15.4 Å². The van der Waals surface area contributed by atoms with Crippen molar-refractivity contribution in [2.75, 3.05) is 13.1 Å². The summed E-state index contributed by atoms with van der Waals surface area (Å²) in [5, 5.41) is 5.03. The Morgan fingerprint density at radius 1 is 1.40 bits per heavy atom.